The van der Waals surface area contributed by atoms with Crippen LogP contribution in [0.1, 0.15) is 31.4 Å². The van der Waals surface area contributed by atoms with Gasteiger partial charge in [-0.15, -0.1) is 0 Å². The molecule has 1 heterocycles. The van der Waals surface area contributed by atoms with Crippen LogP contribution in [0.3, 0.4) is 0 Å². The highest BCUT2D eigenvalue weighted by molar-refractivity contribution is 9.10. The lowest BCUT2D eigenvalue weighted by Crippen LogP contribution is -2.19. The molecule has 0 saturated carbocycles. The normalized spacial score (nSPS) is 15.7. The lowest BCUT2D eigenvalue weighted by Gasteiger charge is -2.23. The molecule has 17 heavy (non-hydrogen) atoms. The molecule has 0 spiro atoms. The molecule has 0 bridgehead atoms. The summed E-state index contributed by atoms with van der Waals surface area (Å²) in [5.74, 6) is 1.68. The summed E-state index contributed by atoms with van der Waals surface area (Å²) >= 11 is 3.61. The van der Waals surface area contributed by atoms with Gasteiger partial charge in [0.1, 0.15) is 13.2 Å². The van der Waals surface area contributed by atoms with Crippen LogP contribution in [0.5, 0.6) is 11.5 Å². The second-order valence-corrected chi connectivity index (χ2v) is 5.00. The van der Waals surface area contributed by atoms with Crippen LogP contribution < -0.4 is 14.8 Å². The van der Waals surface area contributed by atoms with E-state index in [0.29, 0.717) is 19.3 Å². The molecule has 1 aliphatic rings. The Morgan fingerprint density at radius 2 is 1.94 bits per heavy atom. The molecule has 1 aromatic carbocycles. The minimum Gasteiger partial charge on any atom is -0.486 e. The summed E-state index contributed by atoms with van der Waals surface area (Å²) in [5.41, 5.74) is 1.23. The van der Waals surface area contributed by atoms with E-state index in [-0.39, 0.29) is 0 Å². The first kappa shape index (κ1) is 12.7. The van der Waals surface area contributed by atoms with Crippen LogP contribution in [0.2, 0.25) is 0 Å². The lowest BCUT2D eigenvalue weighted by atomic mass is 10.0. The van der Waals surface area contributed by atoms with Crippen molar-refractivity contribution < 1.29 is 9.47 Å². The van der Waals surface area contributed by atoms with Crippen molar-refractivity contribution in [2.24, 2.45) is 0 Å². The fraction of sp³-hybridized carbons (Fsp3) is 0.538. The van der Waals surface area contributed by atoms with Crippen molar-refractivity contribution in [1.29, 1.82) is 0 Å². The van der Waals surface area contributed by atoms with Gasteiger partial charge in [-0.2, -0.15) is 0 Å². The van der Waals surface area contributed by atoms with Crippen LogP contribution in [0.15, 0.2) is 16.6 Å². The molecule has 2 rings (SSSR count). The third-order valence-corrected chi connectivity index (χ3v) is 3.65. The Balaban J connectivity index is 2.33. The van der Waals surface area contributed by atoms with Gasteiger partial charge in [-0.05, 0) is 31.2 Å². The number of ether oxygens (including phenoxy) is 2. The Labute approximate surface area is 111 Å². The average molecular weight is 300 g/mol. The minimum absolute atomic E-state index is 0.352. The Morgan fingerprint density at radius 1 is 1.29 bits per heavy atom. The summed E-state index contributed by atoms with van der Waals surface area (Å²) in [5, 5.41) is 3.34. The van der Waals surface area contributed by atoms with Gasteiger partial charge in [0.05, 0.1) is 0 Å². The number of benzene rings is 1. The van der Waals surface area contributed by atoms with Crippen molar-refractivity contribution in [2.75, 3.05) is 20.3 Å². The Morgan fingerprint density at radius 3 is 2.53 bits per heavy atom. The van der Waals surface area contributed by atoms with Gasteiger partial charge in [0.2, 0.25) is 0 Å². The van der Waals surface area contributed by atoms with Crippen molar-refractivity contribution in [3.63, 3.8) is 0 Å². The van der Waals surface area contributed by atoms with Gasteiger partial charge in [0.15, 0.2) is 11.5 Å². The molecular weight excluding hydrogens is 282 g/mol. The van der Waals surface area contributed by atoms with Gasteiger partial charge in [-0.1, -0.05) is 29.3 Å². The highest BCUT2D eigenvalue weighted by Crippen LogP contribution is 2.38. The Kier molecular flexibility index (Phi) is 4.29. The van der Waals surface area contributed by atoms with Crippen molar-refractivity contribution in [2.45, 2.75) is 25.8 Å². The van der Waals surface area contributed by atoms with Crippen molar-refractivity contribution >= 4 is 15.9 Å². The van der Waals surface area contributed by atoms with Crippen LogP contribution in [-0.4, -0.2) is 20.3 Å². The lowest BCUT2D eigenvalue weighted by molar-refractivity contribution is 0.171. The van der Waals surface area contributed by atoms with Gasteiger partial charge < -0.3 is 14.8 Å². The van der Waals surface area contributed by atoms with Gasteiger partial charge >= 0.3 is 0 Å². The summed E-state index contributed by atoms with van der Waals surface area (Å²) < 4.78 is 12.3. The minimum atomic E-state index is 0.352. The molecule has 0 radical (unpaired) electrons. The van der Waals surface area contributed by atoms with E-state index in [1.807, 2.05) is 13.1 Å². The van der Waals surface area contributed by atoms with E-state index in [1.165, 1.54) is 5.56 Å². The van der Waals surface area contributed by atoms with Crippen molar-refractivity contribution in [1.82, 2.24) is 5.32 Å². The summed E-state index contributed by atoms with van der Waals surface area (Å²) in [6, 6.07) is 4.43. The summed E-state index contributed by atoms with van der Waals surface area (Å²) in [7, 11) is 1.99. The topological polar surface area (TPSA) is 30.5 Å². The van der Waals surface area contributed by atoms with Crippen molar-refractivity contribution in [3.05, 3.63) is 22.2 Å². The van der Waals surface area contributed by atoms with Gasteiger partial charge in [-0.25, -0.2) is 0 Å². The molecule has 0 aliphatic carbocycles. The maximum Gasteiger partial charge on any atom is 0.162 e. The highest BCUT2D eigenvalue weighted by atomic mass is 79.9. The summed E-state index contributed by atoms with van der Waals surface area (Å²) in [4.78, 5) is 0. The van der Waals surface area contributed by atoms with E-state index >= 15 is 0 Å². The zero-order valence-corrected chi connectivity index (χ0v) is 11.8. The number of hydrogen-bond acceptors (Lipinski definition) is 3. The van der Waals surface area contributed by atoms with Crippen LogP contribution in [0.4, 0.5) is 0 Å². The predicted octanol–water partition coefficient (Wildman–Crippen LogP) is 3.28. The van der Waals surface area contributed by atoms with E-state index in [4.69, 9.17) is 9.47 Å². The van der Waals surface area contributed by atoms with Gasteiger partial charge in [0.25, 0.3) is 0 Å². The zero-order valence-electron chi connectivity index (χ0n) is 10.3. The Hall–Kier alpha value is -0.740. The largest absolute Gasteiger partial charge is 0.486 e. The van der Waals surface area contributed by atoms with Crippen LogP contribution in [0, 0.1) is 0 Å². The molecule has 1 N–H and O–H groups in total. The predicted molar refractivity (Wildman–Crippen MR) is 71.8 cm³/mol. The number of halogens is 1. The molecular formula is C13H18BrNO2. The molecule has 1 aromatic rings. The Bertz CT molecular complexity index is 395. The van der Waals surface area contributed by atoms with Crippen molar-refractivity contribution in [3.8, 4) is 11.5 Å². The summed E-state index contributed by atoms with van der Waals surface area (Å²) in [6.45, 7) is 3.45. The van der Waals surface area contributed by atoms with E-state index in [0.717, 1.165) is 28.8 Å². The molecule has 0 aromatic heterocycles. The van der Waals surface area contributed by atoms with E-state index in [2.05, 4.69) is 34.2 Å². The quantitative estimate of drug-likeness (QED) is 0.925. The molecule has 1 atom stereocenters. The van der Waals surface area contributed by atoms with Gasteiger partial charge in [0, 0.05) is 10.5 Å². The second kappa shape index (κ2) is 5.74. The molecule has 1 unspecified atom stereocenters. The number of hydrogen-bond donors (Lipinski definition) is 1. The first-order valence-corrected chi connectivity index (χ1v) is 6.81. The molecule has 0 fully saturated rings. The zero-order chi connectivity index (χ0) is 12.3. The first-order chi connectivity index (χ1) is 8.26. The van der Waals surface area contributed by atoms with Crippen LogP contribution in [0.25, 0.3) is 0 Å². The molecule has 1 aliphatic heterocycles. The van der Waals surface area contributed by atoms with E-state index < -0.39 is 0 Å². The average Bonchev–Trinajstić information content (AvgIpc) is 2.35. The number of rotatable bonds is 4. The third-order valence-electron chi connectivity index (χ3n) is 2.96. The highest BCUT2D eigenvalue weighted by Gasteiger charge is 2.18. The molecule has 4 heteroatoms. The molecule has 0 amide bonds. The molecule has 3 nitrogen and oxygen atoms in total. The fourth-order valence-electron chi connectivity index (χ4n) is 2.09. The van der Waals surface area contributed by atoms with E-state index in [1.54, 1.807) is 0 Å². The third kappa shape index (κ3) is 2.75. The van der Waals surface area contributed by atoms with Crippen LogP contribution >= 0.6 is 15.9 Å². The first-order valence-electron chi connectivity index (χ1n) is 6.02. The fourth-order valence-corrected chi connectivity index (χ4v) is 2.69. The van der Waals surface area contributed by atoms with Gasteiger partial charge in [-0.3, -0.25) is 0 Å². The smallest absolute Gasteiger partial charge is 0.162 e. The second-order valence-electron chi connectivity index (χ2n) is 4.15. The summed E-state index contributed by atoms with van der Waals surface area (Å²) in [6.07, 6.45) is 2.25. The maximum atomic E-state index is 5.62. The molecule has 0 saturated heterocycles. The molecule has 94 valence electrons. The SMILES string of the molecule is CCCC(NC)c1cc2c(cc1Br)OCCO2. The standard InChI is InChI=1S/C13H18BrNO2/c1-3-4-11(15-2)9-7-12-13(8-10(9)14)17-6-5-16-12/h7-8,11,15H,3-6H2,1-2H3. The number of nitrogens with one attached hydrogen (secondary N) is 1. The monoisotopic (exact) mass is 299 g/mol. The number of fused-ring (bicyclic) bond motifs is 1. The maximum absolute atomic E-state index is 5.62. The van der Waals surface area contributed by atoms with E-state index in [9.17, 15) is 0 Å². The van der Waals surface area contributed by atoms with Crippen LogP contribution in [-0.2, 0) is 0 Å².